The second kappa shape index (κ2) is 13.0. The minimum atomic E-state index is 0. The molecule has 0 aliphatic carbocycles. The Kier molecular flexibility index (Phi) is 10.5. The summed E-state index contributed by atoms with van der Waals surface area (Å²) in [6.07, 6.45) is 1.000. The second-order valence-corrected chi connectivity index (χ2v) is 7.76. The van der Waals surface area contributed by atoms with Crippen LogP contribution in [0.15, 0.2) is 59.6 Å². The number of aliphatic imine (C=N–C) groups is 1. The van der Waals surface area contributed by atoms with E-state index in [2.05, 4.69) is 88.2 Å². The lowest BCUT2D eigenvalue weighted by molar-refractivity contribution is 0.697. The van der Waals surface area contributed by atoms with E-state index in [1.54, 1.807) is 0 Å². The maximum Gasteiger partial charge on any atom is 0.191 e. The first-order valence-corrected chi connectivity index (χ1v) is 10.7. The number of nitrogens with one attached hydrogen (secondary N) is 2. The van der Waals surface area contributed by atoms with Crippen LogP contribution in [-0.2, 0) is 20.1 Å². The van der Waals surface area contributed by atoms with Crippen LogP contribution in [0.1, 0.15) is 29.2 Å². The lowest BCUT2D eigenvalue weighted by atomic mass is 10.1. The summed E-state index contributed by atoms with van der Waals surface area (Å²) in [5, 5.41) is 15.2. The molecular formula is C24H34IN7. The van der Waals surface area contributed by atoms with Crippen molar-refractivity contribution in [3.8, 4) is 0 Å². The number of para-hydroxylation sites is 1. The van der Waals surface area contributed by atoms with Gasteiger partial charge in [0.25, 0.3) is 0 Å². The fourth-order valence-electron chi connectivity index (χ4n) is 3.14. The minimum absolute atomic E-state index is 0. The second-order valence-electron chi connectivity index (χ2n) is 7.76. The molecule has 0 aliphatic rings. The van der Waals surface area contributed by atoms with Crippen molar-refractivity contribution in [1.29, 1.82) is 0 Å². The monoisotopic (exact) mass is 547 g/mol. The number of rotatable bonds is 9. The Balaban J connectivity index is 0.00000363. The Morgan fingerprint density at radius 3 is 2.38 bits per heavy atom. The van der Waals surface area contributed by atoms with Gasteiger partial charge in [0.2, 0.25) is 0 Å². The van der Waals surface area contributed by atoms with Crippen molar-refractivity contribution in [2.24, 2.45) is 12.0 Å². The molecule has 0 atom stereocenters. The van der Waals surface area contributed by atoms with E-state index in [1.165, 1.54) is 16.8 Å². The van der Waals surface area contributed by atoms with Gasteiger partial charge < -0.3 is 20.1 Å². The molecule has 2 aromatic carbocycles. The highest BCUT2D eigenvalue weighted by molar-refractivity contribution is 14.0. The number of aromatic nitrogens is 3. The Labute approximate surface area is 208 Å². The number of halogens is 1. The quantitative estimate of drug-likeness (QED) is 0.185. The number of aryl methyl sites for hydroxylation is 2. The number of nitrogens with zero attached hydrogens (tertiary/aromatic N) is 5. The predicted molar refractivity (Wildman–Crippen MR) is 143 cm³/mol. The number of hydrogen-bond donors (Lipinski definition) is 2. The molecule has 3 rings (SSSR count). The molecule has 0 radical (unpaired) electrons. The van der Waals surface area contributed by atoms with Crippen LogP contribution < -0.4 is 15.5 Å². The van der Waals surface area contributed by atoms with Gasteiger partial charge in [-0.15, -0.1) is 34.2 Å². The van der Waals surface area contributed by atoms with Crippen LogP contribution in [0.3, 0.4) is 0 Å². The van der Waals surface area contributed by atoms with Crippen LogP contribution in [0.25, 0.3) is 0 Å². The van der Waals surface area contributed by atoms with Crippen molar-refractivity contribution in [2.75, 3.05) is 25.0 Å². The lowest BCUT2D eigenvalue weighted by Gasteiger charge is -2.19. The number of benzene rings is 2. The topological polar surface area (TPSA) is 70.4 Å². The van der Waals surface area contributed by atoms with E-state index in [1.807, 2.05) is 24.6 Å². The summed E-state index contributed by atoms with van der Waals surface area (Å²) in [5.74, 6) is 2.56. The molecule has 0 amide bonds. The maximum atomic E-state index is 4.77. The average molecular weight is 547 g/mol. The van der Waals surface area contributed by atoms with Crippen molar-refractivity contribution in [3.63, 3.8) is 0 Å². The van der Waals surface area contributed by atoms with Gasteiger partial charge in [0.05, 0.1) is 13.1 Å². The third kappa shape index (κ3) is 7.81. The molecule has 3 aromatic rings. The first-order valence-electron chi connectivity index (χ1n) is 10.7. The molecule has 0 aliphatic heterocycles. The van der Waals surface area contributed by atoms with E-state index in [0.717, 1.165) is 37.1 Å². The molecule has 7 nitrogen and oxygen atoms in total. The highest BCUT2D eigenvalue weighted by atomic mass is 127. The molecule has 172 valence electrons. The van der Waals surface area contributed by atoms with E-state index >= 15 is 0 Å². The molecule has 1 heterocycles. The molecule has 0 bridgehead atoms. The molecule has 32 heavy (non-hydrogen) atoms. The third-order valence-electron chi connectivity index (χ3n) is 5.30. The smallest absolute Gasteiger partial charge is 0.191 e. The molecule has 0 fully saturated rings. The molecule has 0 saturated carbocycles. The molecule has 2 N–H and O–H groups in total. The summed E-state index contributed by atoms with van der Waals surface area (Å²) in [7, 11) is 4.10. The molecule has 1 aromatic heterocycles. The highest BCUT2D eigenvalue weighted by Gasteiger charge is 2.07. The Morgan fingerprint density at radius 1 is 1.00 bits per heavy atom. The van der Waals surface area contributed by atoms with E-state index in [0.29, 0.717) is 13.1 Å². The molecule has 0 saturated heterocycles. The van der Waals surface area contributed by atoms with E-state index < -0.39 is 0 Å². The fourth-order valence-corrected chi connectivity index (χ4v) is 3.14. The highest BCUT2D eigenvalue weighted by Crippen LogP contribution is 2.10. The zero-order chi connectivity index (χ0) is 22.1. The van der Waals surface area contributed by atoms with Gasteiger partial charge in [0.1, 0.15) is 5.82 Å². The average Bonchev–Trinajstić information content (AvgIpc) is 3.11. The van der Waals surface area contributed by atoms with Crippen molar-refractivity contribution in [2.45, 2.75) is 33.4 Å². The Morgan fingerprint density at radius 2 is 1.72 bits per heavy atom. The Hall–Kier alpha value is -2.62. The SMILES string of the molecule is Cc1ccc(CN=C(NCCCN(C)c2ccccc2)NCc2nnc(C)n2C)cc1.I. The minimum Gasteiger partial charge on any atom is -0.375 e. The van der Waals surface area contributed by atoms with Gasteiger partial charge in [0.15, 0.2) is 11.8 Å². The van der Waals surface area contributed by atoms with E-state index in [4.69, 9.17) is 4.99 Å². The van der Waals surface area contributed by atoms with Gasteiger partial charge in [-0.2, -0.15) is 0 Å². The van der Waals surface area contributed by atoms with E-state index in [9.17, 15) is 0 Å². The van der Waals surface area contributed by atoms with Gasteiger partial charge in [-0.3, -0.25) is 0 Å². The van der Waals surface area contributed by atoms with Crippen LogP contribution in [0.4, 0.5) is 5.69 Å². The largest absolute Gasteiger partial charge is 0.375 e. The van der Waals surface area contributed by atoms with Crippen molar-refractivity contribution < 1.29 is 0 Å². The molecular weight excluding hydrogens is 513 g/mol. The van der Waals surface area contributed by atoms with Crippen molar-refractivity contribution in [3.05, 3.63) is 77.4 Å². The number of anilines is 1. The maximum absolute atomic E-state index is 4.77. The summed E-state index contributed by atoms with van der Waals surface area (Å²) in [5.41, 5.74) is 3.67. The summed E-state index contributed by atoms with van der Waals surface area (Å²) in [6, 6.07) is 18.9. The zero-order valence-corrected chi connectivity index (χ0v) is 21.7. The predicted octanol–water partition coefficient (Wildman–Crippen LogP) is 3.81. The van der Waals surface area contributed by atoms with Gasteiger partial charge in [0, 0.05) is 32.9 Å². The van der Waals surface area contributed by atoms with Crippen LogP contribution in [0, 0.1) is 13.8 Å². The zero-order valence-electron chi connectivity index (χ0n) is 19.4. The van der Waals surface area contributed by atoms with Gasteiger partial charge in [-0.25, -0.2) is 4.99 Å². The molecule has 8 heteroatoms. The van der Waals surface area contributed by atoms with E-state index in [-0.39, 0.29) is 24.0 Å². The normalized spacial score (nSPS) is 11.1. The standard InChI is InChI=1S/C24H33N7.HI/c1-19-11-13-21(14-12-19)17-26-24(27-18-23-29-28-20(2)31(23)4)25-15-8-16-30(3)22-9-6-5-7-10-22;/h5-7,9-14H,8,15-18H2,1-4H3,(H2,25,26,27);1H. The summed E-state index contributed by atoms with van der Waals surface area (Å²) in [6.45, 7) is 7.03. The summed E-state index contributed by atoms with van der Waals surface area (Å²) >= 11 is 0. The summed E-state index contributed by atoms with van der Waals surface area (Å²) in [4.78, 5) is 7.04. The lowest BCUT2D eigenvalue weighted by Crippen LogP contribution is -2.39. The van der Waals surface area contributed by atoms with Crippen molar-refractivity contribution >= 4 is 35.6 Å². The van der Waals surface area contributed by atoms with Crippen LogP contribution >= 0.6 is 24.0 Å². The molecule has 0 spiro atoms. The number of guanidine groups is 1. The van der Waals surface area contributed by atoms with Crippen molar-refractivity contribution in [1.82, 2.24) is 25.4 Å². The van der Waals surface area contributed by atoms with Crippen LogP contribution in [0.5, 0.6) is 0 Å². The first-order chi connectivity index (χ1) is 15.0. The number of hydrogen-bond acceptors (Lipinski definition) is 4. The first kappa shape index (κ1) is 25.6. The third-order valence-corrected chi connectivity index (χ3v) is 5.30. The van der Waals surface area contributed by atoms with Gasteiger partial charge >= 0.3 is 0 Å². The van der Waals surface area contributed by atoms with Crippen LogP contribution in [0.2, 0.25) is 0 Å². The van der Waals surface area contributed by atoms with Crippen LogP contribution in [-0.4, -0.2) is 40.9 Å². The fraction of sp³-hybridized carbons (Fsp3) is 0.375. The molecule has 0 unspecified atom stereocenters. The summed E-state index contributed by atoms with van der Waals surface area (Å²) < 4.78 is 1.99. The van der Waals surface area contributed by atoms with Gasteiger partial charge in [-0.05, 0) is 38.0 Å². The Bertz CT molecular complexity index is 968. The van der Waals surface area contributed by atoms with Gasteiger partial charge in [-0.1, -0.05) is 48.0 Å².